The van der Waals surface area contributed by atoms with Crippen molar-refractivity contribution in [1.29, 1.82) is 0 Å². The van der Waals surface area contributed by atoms with E-state index in [9.17, 15) is 4.79 Å². The van der Waals surface area contributed by atoms with E-state index in [-0.39, 0.29) is 0 Å². The van der Waals surface area contributed by atoms with Gasteiger partial charge in [-0.05, 0) is 34.9 Å². The van der Waals surface area contributed by atoms with Gasteiger partial charge in [-0.25, -0.2) is 4.79 Å². The van der Waals surface area contributed by atoms with Crippen LogP contribution in [-0.2, 0) is 11.2 Å². The highest BCUT2D eigenvalue weighted by molar-refractivity contribution is 5.85. The SMILES string of the molecule is NCCc1cccc2ccccc12.O=C(O)[C@H](O)c1ccccc1. The fourth-order valence-electron chi connectivity index (χ4n) is 2.44. The van der Waals surface area contributed by atoms with Crippen molar-refractivity contribution < 1.29 is 15.0 Å². The molecular weight excluding hydrogens is 302 g/mol. The van der Waals surface area contributed by atoms with E-state index in [1.807, 2.05) is 0 Å². The standard InChI is InChI=1S/C12H13N.C8H8O3/c13-9-8-11-6-3-5-10-4-1-2-7-12(10)11;9-7(8(10)11)6-4-2-1-3-5-6/h1-7H,8-9,13H2;1-5,7,9H,(H,10,11)/t;7-/m.1/s1. The summed E-state index contributed by atoms with van der Waals surface area (Å²) in [6.07, 6.45) is -0.447. The van der Waals surface area contributed by atoms with Gasteiger partial charge in [-0.3, -0.25) is 0 Å². The van der Waals surface area contributed by atoms with Gasteiger partial charge in [0.25, 0.3) is 0 Å². The minimum absolute atomic E-state index is 0.403. The van der Waals surface area contributed by atoms with Crippen LogP contribution in [0.15, 0.2) is 72.8 Å². The molecule has 4 nitrogen and oxygen atoms in total. The van der Waals surface area contributed by atoms with Crippen LogP contribution in [0.4, 0.5) is 0 Å². The van der Waals surface area contributed by atoms with Gasteiger partial charge in [0.05, 0.1) is 0 Å². The van der Waals surface area contributed by atoms with Crippen LogP contribution in [0.5, 0.6) is 0 Å². The number of hydrogen-bond donors (Lipinski definition) is 3. The monoisotopic (exact) mass is 323 g/mol. The van der Waals surface area contributed by atoms with Gasteiger partial charge in [-0.2, -0.15) is 0 Å². The van der Waals surface area contributed by atoms with Crippen LogP contribution in [0, 0.1) is 0 Å². The topological polar surface area (TPSA) is 83.6 Å². The van der Waals surface area contributed by atoms with Crippen molar-refractivity contribution in [1.82, 2.24) is 0 Å². The second-order valence-electron chi connectivity index (χ2n) is 5.33. The average Bonchev–Trinajstić information content (AvgIpc) is 2.63. The number of nitrogens with two attached hydrogens (primary N) is 1. The maximum absolute atomic E-state index is 10.2. The minimum Gasteiger partial charge on any atom is -0.479 e. The molecular formula is C20H21NO3. The third-order valence-electron chi connectivity index (χ3n) is 3.64. The summed E-state index contributed by atoms with van der Waals surface area (Å²) in [5, 5.41) is 20.0. The Bertz CT molecular complexity index is 782. The number of hydrogen-bond acceptors (Lipinski definition) is 3. The van der Waals surface area contributed by atoms with Crippen molar-refractivity contribution in [3.05, 3.63) is 83.9 Å². The van der Waals surface area contributed by atoms with Gasteiger partial charge in [0, 0.05) is 0 Å². The maximum atomic E-state index is 10.2. The molecule has 0 saturated carbocycles. The Morgan fingerprint density at radius 1 is 0.917 bits per heavy atom. The summed E-state index contributed by atoms with van der Waals surface area (Å²) in [7, 11) is 0. The lowest BCUT2D eigenvalue weighted by atomic mass is 10.0. The molecule has 0 heterocycles. The van der Waals surface area contributed by atoms with E-state index in [0.717, 1.165) is 6.42 Å². The molecule has 0 unspecified atom stereocenters. The Hall–Kier alpha value is -2.69. The number of aliphatic hydroxyl groups is 1. The van der Waals surface area contributed by atoms with E-state index in [0.29, 0.717) is 12.1 Å². The van der Waals surface area contributed by atoms with Crippen molar-refractivity contribution >= 4 is 16.7 Å². The fraction of sp³-hybridized carbons (Fsp3) is 0.150. The molecule has 0 saturated heterocycles. The summed E-state index contributed by atoms with van der Waals surface area (Å²) in [6, 6.07) is 23.1. The molecule has 3 rings (SSSR count). The Morgan fingerprint density at radius 3 is 2.21 bits per heavy atom. The number of rotatable bonds is 4. The lowest BCUT2D eigenvalue weighted by molar-refractivity contribution is -0.146. The molecule has 0 aromatic heterocycles. The molecule has 3 aromatic carbocycles. The Kier molecular flexibility index (Phi) is 6.49. The number of carboxylic acid groups (broad SMARTS) is 1. The van der Waals surface area contributed by atoms with Crippen LogP contribution in [0.25, 0.3) is 10.8 Å². The molecule has 0 fully saturated rings. The lowest BCUT2D eigenvalue weighted by Crippen LogP contribution is -2.09. The molecule has 0 bridgehead atoms. The number of carbonyl (C=O) groups is 1. The summed E-state index contributed by atoms with van der Waals surface area (Å²) in [6.45, 7) is 0.716. The Balaban J connectivity index is 0.000000177. The van der Waals surface area contributed by atoms with Crippen LogP contribution in [0.1, 0.15) is 17.2 Å². The minimum atomic E-state index is -1.41. The zero-order valence-electron chi connectivity index (χ0n) is 13.3. The summed E-state index contributed by atoms with van der Waals surface area (Å²) < 4.78 is 0. The number of aliphatic hydroxyl groups excluding tert-OH is 1. The average molecular weight is 323 g/mol. The highest BCUT2D eigenvalue weighted by Crippen LogP contribution is 2.18. The molecule has 4 heteroatoms. The molecule has 3 aromatic rings. The zero-order chi connectivity index (χ0) is 17.4. The van der Waals surface area contributed by atoms with Crippen molar-refractivity contribution in [2.45, 2.75) is 12.5 Å². The molecule has 1 atom stereocenters. The highest BCUT2D eigenvalue weighted by Gasteiger charge is 2.14. The molecule has 0 radical (unpaired) electrons. The predicted molar refractivity (Wildman–Crippen MR) is 95.7 cm³/mol. The van der Waals surface area contributed by atoms with Gasteiger partial charge in [-0.15, -0.1) is 0 Å². The molecule has 0 spiro atoms. The predicted octanol–water partition coefficient (Wildman–Crippen LogP) is 3.15. The van der Waals surface area contributed by atoms with E-state index in [1.165, 1.54) is 16.3 Å². The largest absolute Gasteiger partial charge is 0.479 e. The summed E-state index contributed by atoms with van der Waals surface area (Å²) in [4.78, 5) is 10.2. The summed E-state index contributed by atoms with van der Waals surface area (Å²) in [5.41, 5.74) is 7.30. The van der Waals surface area contributed by atoms with Gasteiger partial charge in [0.15, 0.2) is 6.10 Å². The van der Waals surface area contributed by atoms with Crippen molar-refractivity contribution in [2.75, 3.05) is 6.54 Å². The first-order valence-corrected chi connectivity index (χ1v) is 7.76. The van der Waals surface area contributed by atoms with E-state index < -0.39 is 12.1 Å². The smallest absolute Gasteiger partial charge is 0.337 e. The van der Waals surface area contributed by atoms with E-state index in [1.54, 1.807) is 30.3 Å². The number of carboxylic acids is 1. The van der Waals surface area contributed by atoms with Crippen LogP contribution in [0.3, 0.4) is 0 Å². The second kappa shape index (κ2) is 8.82. The van der Waals surface area contributed by atoms with Crippen LogP contribution >= 0.6 is 0 Å². The molecule has 0 amide bonds. The van der Waals surface area contributed by atoms with E-state index in [2.05, 4.69) is 42.5 Å². The zero-order valence-corrected chi connectivity index (χ0v) is 13.3. The first-order valence-electron chi connectivity index (χ1n) is 7.76. The Labute approximate surface area is 141 Å². The number of fused-ring (bicyclic) bond motifs is 1. The van der Waals surface area contributed by atoms with Gasteiger partial charge >= 0.3 is 5.97 Å². The molecule has 124 valence electrons. The number of benzene rings is 3. The van der Waals surface area contributed by atoms with Crippen molar-refractivity contribution in [3.63, 3.8) is 0 Å². The van der Waals surface area contributed by atoms with E-state index in [4.69, 9.17) is 15.9 Å². The summed E-state index contributed by atoms with van der Waals surface area (Å²) in [5.74, 6) is -1.23. The first kappa shape index (κ1) is 17.7. The maximum Gasteiger partial charge on any atom is 0.337 e. The van der Waals surface area contributed by atoms with Gasteiger partial charge < -0.3 is 15.9 Å². The first-order chi connectivity index (χ1) is 11.6. The van der Waals surface area contributed by atoms with Gasteiger partial charge in [0.2, 0.25) is 0 Å². The molecule has 0 aliphatic carbocycles. The van der Waals surface area contributed by atoms with Crippen LogP contribution in [-0.4, -0.2) is 22.7 Å². The molecule has 24 heavy (non-hydrogen) atoms. The molecule has 0 aliphatic rings. The second-order valence-corrected chi connectivity index (χ2v) is 5.33. The van der Waals surface area contributed by atoms with Crippen LogP contribution < -0.4 is 5.73 Å². The highest BCUT2D eigenvalue weighted by atomic mass is 16.4. The molecule has 4 N–H and O–H groups in total. The Morgan fingerprint density at radius 2 is 1.54 bits per heavy atom. The molecule has 0 aliphatic heterocycles. The normalized spacial score (nSPS) is 11.4. The van der Waals surface area contributed by atoms with Crippen molar-refractivity contribution in [2.24, 2.45) is 5.73 Å². The van der Waals surface area contributed by atoms with Gasteiger partial charge in [0.1, 0.15) is 0 Å². The number of aliphatic carboxylic acids is 1. The third-order valence-corrected chi connectivity index (χ3v) is 3.64. The van der Waals surface area contributed by atoms with E-state index >= 15 is 0 Å². The summed E-state index contributed by atoms with van der Waals surface area (Å²) >= 11 is 0. The quantitative estimate of drug-likeness (QED) is 0.689. The van der Waals surface area contributed by atoms with Crippen molar-refractivity contribution in [3.8, 4) is 0 Å². The van der Waals surface area contributed by atoms with Crippen LogP contribution in [0.2, 0.25) is 0 Å². The third kappa shape index (κ3) is 4.65. The fourth-order valence-corrected chi connectivity index (χ4v) is 2.44. The van der Waals surface area contributed by atoms with Gasteiger partial charge in [-0.1, -0.05) is 72.8 Å². The lowest BCUT2D eigenvalue weighted by Gasteiger charge is -2.03.